The summed E-state index contributed by atoms with van der Waals surface area (Å²) in [5.41, 5.74) is -1.41. The van der Waals surface area contributed by atoms with Crippen molar-refractivity contribution < 1.29 is 22.3 Å². The molecule has 2 saturated heterocycles. The smallest absolute Gasteiger partial charge is 0.278 e. The molecule has 3 rings (SSSR count). The first-order chi connectivity index (χ1) is 12.4. The highest BCUT2D eigenvalue weighted by Crippen LogP contribution is 2.36. The molecule has 2 bridgehead atoms. The van der Waals surface area contributed by atoms with Crippen LogP contribution in [0.2, 0.25) is 0 Å². The summed E-state index contributed by atoms with van der Waals surface area (Å²) >= 11 is 0. The fourth-order valence-corrected chi connectivity index (χ4v) is 5.04. The number of fused-ring (bicyclic) bond motifs is 2. The van der Waals surface area contributed by atoms with E-state index in [2.05, 4.69) is 4.90 Å². The molecule has 1 unspecified atom stereocenters. The lowest BCUT2D eigenvalue weighted by molar-refractivity contribution is -0.134. The van der Waals surface area contributed by atoms with Gasteiger partial charge in [-0.05, 0) is 44.0 Å². The van der Waals surface area contributed by atoms with Crippen molar-refractivity contribution in [2.75, 3.05) is 30.3 Å². The van der Waals surface area contributed by atoms with E-state index in [1.54, 1.807) is 6.92 Å². The normalized spacial score (nSPS) is 23.3. The molecule has 1 amide bonds. The van der Waals surface area contributed by atoms with Crippen LogP contribution in [0.25, 0.3) is 0 Å². The highest BCUT2D eigenvalue weighted by Gasteiger charge is 2.48. The van der Waals surface area contributed by atoms with Gasteiger partial charge in [0.2, 0.25) is 0 Å². The van der Waals surface area contributed by atoms with E-state index < -0.39 is 21.2 Å². The van der Waals surface area contributed by atoms with Crippen LogP contribution >= 0.6 is 0 Å². The van der Waals surface area contributed by atoms with Gasteiger partial charge >= 0.3 is 0 Å². The Morgan fingerprint density at radius 2 is 1.92 bits per heavy atom. The zero-order valence-electron chi connectivity index (χ0n) is 15.1. The van der Waals surface area contributed by atoms with Gasteiger partial charge in [-0.1, -0.05) is 6.92 Å². The standard InChI is InChI=1S/C18H25FN2O4S/c1-3-9-26(23,24)17(19)18(22)21-12-14-10-15(21)11-20(14)13-5-7-16(8-6-13)25-4-2/h5-8,14-15,17H,3-4,9-12H2,1-2H3/t14-,15-,17?/m0/s1. The van der Waals surface area contributed by atoms with Crippen LogP contribution in [0.1, 0.15) is 26.7 Å². The Morgan fingerprint density at radius 1 is 1.23 bits per heavy atom. The predicted molar refractivity (Wildman–Crippen MR) is 97.8 cm³/mol. The van der Waals surface area contributed by atoms with Crippen LogP contribution in [-0.2, 0) is 14.6 Å². The van der Waals surface area contributed by atoms with Crippen LogP contribution in [0.15, 0.2) is 24.3 Å². The largest absolute Gasteiger partial charge is 0.494 e. The summed E-state index contributed by atoms with van der Waals surface area (Å²) in [5.74, 6) is -0.406. The number of carbonyl (C=O) groups excluding carboxylic acids is 1. The lowest BCUT2D eigenvalue weighted by atomic mass is 10.2. The van der Waals surface area contributed by atoms with Crippen molar-refractivity contribution in [3.63, 3.8) is 0 Å². The number of nitrogens with zero attached hydrogens (tertiary/aromatic N) is 2. The summed E-state index contributed by atoms with van der Waals surface area (Å²) in [5, 5.41) is 0. The Morgan fingerprint density at radius 3 is 2.46 bits per heavy atom. The van der Waals surface area contributed by atoms with E-state index in [9.17, 15) is 17.6 Å². The monoisotopic (exact) mass is 384 g/mol. The van der Waals surface area contributed by atoms with Crippen LogP contribution in [0, 0.1) is 0 Å². The molecule has 2 aliphatic rings. The fourth-order valence-electron chi connectivity index (χ4n) is 3.83. The second kappa shape index (κ2) is 7.42. The molecular formula is C18H25FN2O4S. The van der Waals surface area contributed by atoms with E-state index in [1.807, 2.05) is 31.2 Å². The number of amides is 1. The zero-order chi connectivity index (χ0) is 18.9. The maximum atomic E-state index is 14.3. The Hall–Kier alpha value is -1.83. The quantitative estimate of drug-likeness (QED) is 0.719. The number of rotatable bonds is 7. The average molecular weight is 384 g/mol. The van der Waals surface area contributed by atoms with Crippen molar-refractivity contribution >= 4 is 21.4 Å². The maximum Gasteiger partial charge on any atom is 0.278 e. The second-order valence-electron chi connectivity index (χ2n) is 6.80. The second-order valence-corrected chi connectivity index (χ2v) is 8.94. The molecule has 3 atom stereocenters. The van der Waals surface area contributed by atoms with Gasteiger partial charge in [-0.2, -0.15) is 0 Å². The summed E-state index contributed by atoms with van der Waals surface area (Å²) in [4.78, 5) is 16.0. The van der Waals surface area contributed by atoms with Gasteiger partial charge in [-0.25, -0.2) is 12.8 Å². The van der Waals surface area contributed by atoms with Gasteiger partial charge < -0.3 is 14.5 Å². The number of hydrogen-bond donors (Lipinski definition) is 0. The molecule has 0 N–H and O–H groups in total. The molecular weight excluding hydrogens is 359 g/mol. The van der Waals surface area contributed by atoms with Crippen molar-refractivity contribution in [2.45, 2.75) is 44.3 Å². The SMILES string of the molecule is CCCS(=O)(=O)C(F)C(=O)N1C[C@@H]2C[C@H]1CN2c1ccc(OCC)cc1. The number of hydrogen-bond acceptors (Lipinski definition) is 5. The Bertz CT molecular complexity index is 753. The predicted octanol–water partition coefficient (Wildman–Crippen LogP) is 2.00. The van der Waals surface area contributed by atoms with Crippen LogP contribution in [0.4, 0.5) is 10.1 Å². The van der Waals surface area contributed by atoms with Gasteiger partial charge in [0.25, 0.3) is 11.4 Å². The Labute approximate surface area is 153 Å². The molecule has 1 aromatic carbocycles. The number of benzene rings is 1. The van der Waals surface area contributed by atoms with E-state index in [1.165, 1.54) is 4.90 Å². The molecule has 0 aromatic heterocycles. The van der Waals surface area contributed by atoms with Crippen LogP contribution in [-0.4, -0.2) is 62.3 Å². The first kappa shape index (κ1) is 18.9. The van der Waals surface area contributed by atoms with E-state index in [-0.39, 0.29) is 17.8 Å². The molecule has 144 valence electrons. The van der Waals surface area contributed by atoms with Crippen molar-refractivity contribution in [2.24, 2.45) is 0 Å². The van der Waals surface area contributed by atoms with E-state index >= 15 is 0 Å². The summed E-state index contributed by atoms with van der Waals surface area (Å²) in [6.07, 6.45) is 1.03. The van der Waals surface area contributed by atoms with Gasteiger partial charge in [0.05, 0.1) is 18.4 Å². The first-order valence-electron chi connectivity index (χ1n) is 9.03. The molecule has 2 aliphatic heterocycles. The highest BCUT2D eigenvalue weighted by atomic mass is 32.2. The van der Waals surface area contributed by atoms with Gasteiger partial charge in [-0.15, -0.1) is 0 Å². The minimum Gasteiger partial charge on any atom is -0.494 e. The molecule has 6 nitrogen and oxygen atoms in total. The molecule has 0 aliphatic carbocycles. The number of ether oxygens (including phenoxy) is 1. The number of alkyl halides is 1. The number of sulfone groups is 1. The molecule has 0 radical (unpaired) electrons. The summed E-state index contributed by atoms with van der Waals surface area (Å²) in [6.45, 7) is 5.14. The van der Waals surface area contributed by atoms with Crippen molar-refractivity contribution in [3.8, 4) is 5.75 Å². The molecule has 0 spiro atoms. The number of halogens is 1. The van der Waals surface area contributed by atoms with E-state index in [0.29, 0.717) is 26.1 Å². The van der Waals surface area contributed by atoms with Gasteiger partial charge in [-0.3, -0.25) is 4.79 Å². The highest BCUT2D eigenvalue weighted by molar-refractivity contribution is 7.92. The number of anilines is 1. The lowest BCUT2D eigenvalue weighted by Crippen LogP contribution is -2.52. The van der Waals surface area contributed by atoms with Crippen molar-refractivity contribution in [1.29, 1.82) is 0 Å². The fraction of sp³-hybridized carbons (Fsp3) is 0.611. The third kappa shape index (κ3) is 3.51. The van der Waals surface area contributed by atoms with Crippen LogP contribution in [0.5, 0.6) is 5.75 Å². The van der Waals surface area contributed by atoms with Crippen LogP contribution < -0.4 is 9.64 Å². The van der Waals surface area contributed by atoms with E-state index in [0.717, 1.165) is 17.9 Å². The Kier molecular flexibility index (Phi) is 5.41. The third-order valence-electron chi connectivity index (χ3n) is 5.00. The minimum atomic E-state index is -4.03. The molecule has 0 saturated carbocycles. The zero-order valence-corrected chi connectivity index (χ0v) is 15.9. The third-order valence-corrected chi connectivity index (χ3v) is 6.81. The lowest BCUT2D eigenvalue weighted by Gasteiger charge is -2.36. The summed E-state index contributed by atoms with van der Waals surface area (Å²) in [7, 11) is -4.03. The van der Waals surface area contributed by atoms with Crippen molar-refractivity contribution in [1.82, 2.24) is 4.90 Å². The maximum absolute atomic E-state index is 14.3. The summed E-state index contributed by atoms with van der Waals surface area (Å²) < 4.78 is 43.4. The molecule has 2 fully saturated rings. The Balaban J connectivity index is 1.65. The average Bonchev–Trinajstić information content (AvgIpc) is 3.22. The number of likely N-dealkylation sites (tertiary alicyclic amines) is 1. The van der Waals surface area contributed by atoms with Crippen LogP contribution in [0.3, 0.4) is 0 Å². The van der Waals surface area contributed by atoms with Crippen molar-refractivity contribution in [3.05, 3.63) is 24.3 Å². The number of carbonyl (C=O) groups is 1. The first-order valence-corrected chi connectivity index (χ1v) is 10.7. The topological polar surface area (TPSA) is 66.9 Å². The van der Waals surface area contributed by atoms with Gasteiger partial charge in [0.1, 0.15) is 5.75 Å². The minimum absolute atomic E-state index is 0.0861. The van der Waals surface area contributed by atoms with Gasteiger partial charge in [0.15, 0.2) is 9.84 Å². The van der Waals surface area contributed by atoms with E-state index in [4.69, 9.17) is 4.74 Å². The molecule has 2 heterocycles. The molecule has 1 aromatic rings. The van der Waals surface area contributed by atoms with Gasteiger partial charge in [0, 0.05) is 24.8 Å². The summed E-state index contributed by atoms with van der Waals surface area (Å²) in [6, 6.07) is 7.70. The molecule has 26 heavy (non-hydrogen) atoms. The molecule has 8 heteroatoms. The number of piperazine rings is 1.